The molecule has 3 aromatic carbocycles. The lowest BCUT2D eigenvalue weighted by atomic mass is 9.81. The van der Waals surface area contributed by atoms with Gasteiger partial charge in [0.15, 0.2) is 21.4 Å². The molecule has 0 bridgehead atoms. The molecule has 1 aliphatic carbocycles. The summed E-state index contributed by atoms with van der Waals surface area (Å²) in [5, 5.41) is 21.3. The first-order valence-electron chi connectivity index (χ1n) is 7.62. The number of fused-ring (bicyclic) bond motifs is 3. The summed E-state index contributed by atoms with van der Waals surface area (Å²) in [5.41, 5.74) is -0.319. The van der Waals surface area contributed by atoms with Gasteiger partial charge in [0.2, 0.25) is 0 Å². The van der Waals surface area contributed by atoms with E-state index >= 15 is 0 Å². The summed E-state index contributed by atoms with van der Waals surface area (Å²) in [7, 11) is -3.56. The molecule has 0 radical (unpaired) electrons. The molecule has 0 aliphatic heterocycles. The number of phenolic OH excluding ortho intramolecular Hbond substituents is 2. The molecule has 0 atom stereocenters. The molecular formula is C19H12O6S. The average Bonchev–Trinajstić information content (AvgIpc) is 2.61. The van der Waals surface area contributed by atoms with Gasteiger partial charge >= 0.3 is 0 Å². The smallest absolute Gasteiger partial charge is 0.198 e. The predicted octanol–water partition coefficient (Wildman–Crippen LogP) is 2.43. The van der Waals surface area contributed by atoms with Crippen LogP contribution in [0, 0.1) is 0 Å². The molecule has 6 nitrogen and oxygen atoms in total. The molecule has 0 spiro atoms. The number of rotatable bonds is 1. The van der Waals surface area contributed by atoms with E-state index in [-0.39, 0.29) is 37.9 Å². The molecule has 2 N–H and O–H groups in total. The number of benzene rings is 3. The maximum atomic E-state index is 12.8. The molecular weight excluding hydrogens is 356 g/mol. The number of phenols is 2. The molecule has 1 aliphatic rings. The quantitative estimate of drug-likeness (QED) is 0.500. The zero-order chi connectivity index (χ0) is 18.8. The molecule has 0 amide bonds. The van der Waals surface area contributed by atoms with Gasteiger partial charge in [0.05, 0.1) is 16.0 Å². The fourth-order valence-corrected chi connectivity index (χ4v) is 3.90. The lowest BCUT2D eigenvalue weighted by Crippen LogP contribution is -2.21. The van der Waals surface area contributed by atoms with Gasteiger partial charge in [-0.3, -0.25) is 9.59 Å². The van der Waals surface area contributed by atoms with Gasteiger partial charge in [-0.1, -0.05) is 24.3 Å². The van der Waals surface area contributed by atoms with Crippen molar-refractivity contribution in [2.75, 3.05) is 6.26 Å². The Morgan fingerprint density at radius 3 is 1.77 bits per heavy atom. The van der Waals surface area contributed by atoms with Gasteiger partial charge < -0.3 is 10.2 Å². The fourth-order valence-electron chi connectivity index (χ4n) is 3.25. The minimum Gasteiger partial charge on any atom is -0.506 e. The van der Waals surface area contributed by atoms with Crippen molar-refractivity contribution in [3.8, 4) is 11.5 Å². The molecule has 0 heterocycles. The molecule has 7 heteroatoms. The molecule has 0 saturated carbocycles. The molecule has 0 saturated heterocycles. The van der Waals surface area contributed by atoms with Crippen LogP contribution >= 0.6 is 0 Å². The zero-order valence-corrected chi connectivity index (χ0v) is 14.3. The second-order valence-corrected chi connectivity index (χ2v) is 8.15. The summed E-state index contributed by atoms with van der Waals surface area (Å²) in [5.74, 6) is -2.15. The topological polar surface area (TPSA) is 109 Å². The molecule has 3 aromatic rings. The van der Waals surface area contributed by atoms with Crippen LogP contribution in [0.15, 0.2) is 47.4 Å². The normalized spacial score (nSPS) is 13.6. The van der Waals surface area contributed by atoms with Crippen LogP contribution in [0.5, 0.6) is 11.5 Å². The zero-order valence-electron chi connectivity index (χ0n) is 13.5. The van der Waals surface area contributed by atoms with Crippen molar-refractivity contribution >= 4 is 32.2 Å². The highest BCUT2D eigenvalue weighted by Gasteiger charge is 2.36. The molecule has 130 valence electrons. The van der Waals surface area contributed by atoms with E-state index in [0.717, 1.165) is 6.26 Å². The van der Waals surface area contributed by atoms with Crippen molar-refractivity contribution in [2.45, 2.75) is 4.90 Å². The maximum Gasteiger partial charge on any atom is 0.198 e. The number of sulfone groups is 1. The third kappa shape index (κ3) is 2.07. The van der Waals surface area contributed by atoms with Crippen molar-refractivity contribution in [3.05, 3.63) is 64.7 Å². The summed E-state index contributed by atoms with van der Waals surface area (Å²) in [4.78, 5) is 25.5. The van der Waals surface area contributed by atoms with Gasteiger partial charge in [0, 0.05) is 28.2 Å². The van der Waals surface area contributed by atoms with Gasteiger partial charge in [-0.05, 0) is 18.2 Å². The molecule has 0 unspecified atom stereocenters. The Labute approximate surface area is 148 Å². The van der Waals surface area contributed by atoms with Gasteiger partial charge in [-0.2, -0.15) is 0 Å². The van der Waals surface area contributed by atoms with E-state index in [9.17, 15) is 28.2 Å². The Morgan fingerprint density at radius 2 is 1.27 bits per heavy atom. The van der Waals surface area contributed by atoms with Crippen LogP contribution in [0.4, 0.5) is 0 Å². The Kier molecular flexibility index (Phi) is 3.23. The Bertz CT molecular complexity index is 1250. The van der Waals surface area contributed by atoms with Crippen LogP contribution in [-0.2, 0) is 9.84 Å². The Hall–Kier alpha value is -3.19. The molecule has 4 rings (SSSR count). The van der Waals surface area contributed by atoms with Crippen LogP contribution < -0.4 is 0 Å². The lowest BCUT2D eigenvalue weighted by molar-refractivity contribution is 0.0974. The van der Waals surface area contributed by atoms with Gasteiger partial charge in [0.25, 0.3) is 0 Å². The minimum absolute atomic E-state index is 0.00953. The van der Waals surface area contributed by atoms with E-state index in [1.807, 2.05) is 0 Å². The van der Waals surface area contributed by atoms with Crippen LogP contribution in [0.3, 0.4) is 0 Å². The van der Waals surface area contributed by atoms with Gasteiger partial charge in [-0.15, -0.1) is 0 Å². The van der Waals surface area contributed by atoms with Crippen molar-refractivity contribution in [1.82, 2.24) is 0 Å². The summed E-state index contributed by atoms with van der Waals surface area (Å²) in [6.07, 6.45) is 1.01. The van der Waals surface area contributed by atoms with E-state index < -0.39 is 32.9 Å². The fraction of sp³-hybridized carbons (Fsp3) is 0.0526. The first kappa shape index (κ1) is 16.3. The number of ketones is 2. The number of carbonyl (C=O) groups excluding carboxylic acids is 2. The van der Waals surface area contributed by atoms with Crippen LogP contribution in [0.1, 0.15) is 31.8 Å². The number of hydrogen-bond acceptors (Lipinski definition) is 6. The number of carbonyl (C=O) groups is 2. The largest absolute Gasteiger partial charge is 0.506 e. The minimum atomic E-state index is -3.56. The van der Waals surface area contributed by atoms with E-state index in [0.29, 0.717) is 0 Å². The second-order valence-electron chi connectivity index (χ2n) is 6.13. The van der Waals surface area contributed by atoms with Crippen LogP contribution in [0.2, 0.25) is 0 Å². The predicted molar refractivity (Wildman–Crippen MR) is 93.7 cm³/mol. The van der Waals surface area contributed by atoms with E-state index in [2.05, 4.69) is 0 Å². The van der Waals surface area contributed by atoms with E-state index in [1.54, 1.807) is 12.1 Å². The van der Waals surface area contributed by atoms with Crippen LogP contribution in [-0.4, -0.2) is 36.5 Å². The Balaban J connectivity index is 2.15. The highest BCUT2D eigenvalue weighted by Crippen LogP contribution is 2.44. The van der Waals surface area contributed by atoms with Crippen molar-refractivity contribution in [2.24, 2.45) is 0 Å². The molecule has 0 fully saturated rings. The van der Waals surface area contributed by atoms with Crippen molar-refractivity contribution in [1.29, 1.82) is 0 Å². The maximum absolute atomic E-state index is 12.8. The third-order valence-corrected chi connectivity index (χ3v) is 5.63. The van der Waals surface area contributed by atoms with Gasteiger partial charge in [0.1, 0.15) is 11.5 Å². The van der Waals surface area contributed by atoms with Gasteiger partial charge in [-0.25, -0.2) is 8.42 Å². The molecule has 26 heavy (non-hydrogen) atoms. The molecule has 0 aromatic heterocycles. The highest BCUT2D eigenvalue weighted by molar-refractivity contribution is 7.90. The second kappa shape index (κ2) is 5.15. The van der Waals surface area contributed by atoms with E-state index in [1.165, 1.54) is 30.3 Å². The van der Waals surface area contributed by atoms with Crippen molar-refractivity contribution in [3.63, 3.8) is 0 Å². The third-order valence-electron chi connectivity index (χ3n) is 4.52. The summed E-state index contributed by atoms with van der Waals surface area (Å²) < 4.78 is 23.6. The van der Waals surface area contributed by atoms with Crippen LogP contribution in [0.25, 0.3) is 10.8 Å². The highest BCUT2D eigenvalue weighted by atomic mass is 32.2. The van der Waals surface area contributed by atoms with E-state index in [4.69, 9.17) is 0 Å². The monoisotopic (exact) mass is 368 g/mol. The summed E-state index contributed by atoms with van der Waals surface area (Å²) in [6, 6.07) is 9.89. The number of hydrogen-bond donors (Lipinski definition) is 2. The number of aromatic hydroxyl groups is 2. The summed E-state index contributed by atoms with van der Waals surface area (Å²) in [6.45, 7) is 0. The van der Waals surface area contributed by atoms with Crippen molar-refractivity contribution < 1.29 is 28.2 Å². The lowest BCUT2D eigenvalue weighted by Gasteiger charge is -2.21. The standard InChI is InChI=1S/C19H12O6S/c1-26(24,25)9-6-7-12-13(8-9)19(23)15-14(18(12)22)16(20)10-4-2-3-5-11(10)17(15)21/h2-8,22-23H,1H3. The first-order valence-corrected chi connectivity index (χ1v) is 9.51. The first-order chi connectivity index (χ1) is 12.2. The SMILES string of the molecule is CS(=O)(=O)c1ccc2c(O)c3c(c(O)c2c1)C(=O)c1ccccc1C3=O. The summed E-state index contributed by atoms with van der Waals surface area (Å²) >= 11 is 0. The Morgan fingerprint density at radius 1 is 0.769 bits per heavy atom. The average molecular weight is 368 g/mol.